The van der Waals surface area contributed by atoms with Gasteiger partial charge in [-0.15, -0.1) is 11.3 Å². The Morgan fingerprint density at radius 2 is 2.40 bits per heavy atom. The SMILES string of the molecule is N#CCS(=O)c1nc2ccc(N)cc2s1. The number of benzene rings is 1. The van der Waals surface area contributed by atoms with E-state index in [2.05, 4.69) is 4.98 Å². The summed E-state index contributed by atoms with van der Waals surface area (Å²) in [4.78, 5) is 4.18. The summed E-state index contributed by atoms with van der Waals surface area (Å²) in [5, 5.41) is 8.43. The van der Waals surface area contributed by atoms with Gasteiger partial charge in [-0.3, -0.25) is 4.21 Å². The van der Waals surface area contributed by atoms with Gasteiger partial charge in [-0.1, -0.05) is 0 Å². The van der Waals surface area contributed by atoms with E-state index in [0.29, 0.717) is 10.0 Å². The van der Waals surface area contributed by atoms with Crippen LogP contribution in [0.25, 0.3) is 10.2 Å². The van der Waals surface area contributed by atoms with Crippen LogP contribution in [-0.2, 0) is 10.8 Å². The van der Waals surface area contributed by atoms with Crippen LogP contribution in [0.4, 0.5) is 5.69 Å². The van der Waals surface area contributed by atoms with Crippen LogP contribution in [0.15, 0.2) is 22.5 Å². The van der Waals surface area contributed by atoms with Gasteiger partial charge >= 0.3 is 0 Å². The highest BCUT2D eigenvalue weighted by molar-refractivity contribution is 7.87. The van der Waals surface area contributed by atoms with Gasteiger partial charge in [-0.05, 0) is 18.2 Å². The monoisotopic (exact) mass is 237 g/mol. The van der Waals surface area contributed by atoms with E-state index in [4.69, 9.17) is 11.0 Å². The lowest BCUT2D eigenvalue weighted by Gasteiger charge is -1.88. The Balaban J connectivity index is 2.48. The summed E-state index contributed by atoms with van der Waals surface area (Å²) in [7, 11) is -1.32. The van der Waals surface area contributed by atoms with Crippen LogP contribution in [0, 0.1) is 11.3 Å². The van der Waals surface area contributed by atoms with E-state index in [0.717, 1.165) is 10.2 Å². The molecule has 0 radical (unpaired) electrons. The molecule has 0 saturated heterocycles. The van der Waals surface area contributed by atoms with Crippen molar-refractivity contribution in [1.29, 1.82) is 5.26 Å². The summed E-state index contributed by atoms with van der Waals surface area (Å²) in [5.41, 5.74) is 7.05. The van der Waals surface area contributed by atoms with Crippen LogP contribution in [0.1, 0.15) is 0 Å². The highest BCUT2D eigenvalue weighted by Crippen LogP contribution is 2.26. The number of hydrogen-bond donors (Lipinski definition) is 1. The van der Waals surface area contributed by atoms with Crippen molar-refractivity contribution in [2.75, 3.05) is 11.5 Å². The molecule has 0 aliphatic rings. The fraction of sp³-hybridized carbons (Fsp3) is 0.111. The largest absolute Gasteiger partial charge is 0.399 e. The molecule has 0 saturated carbocycles. The molecule has 4 nitrogen and oxygen atoms in total. The van der Waals surface area contributed by atoms with Gasteiger partial charge in [-0.25, -0.2) is 4.98 Å². The van der Waals surface area contributed by atoms with E-state index < -0.39 is 10.8 Å². The van der Waals surface area contributed by atoms with Crippen LogP contribution in [0.5, 0.6) is 0 Å². The van der Waals surface area contributed by atoms with Crippen molar-refractivity contribution in [2.24, 2.45) is 0 Å². The average Bonchev–Trinajstić information content (AvgIpc) is 2.60. The van der Waals surface area contributed by atoms with E-state index in [1.54, 1.807) is 18.2 Å². The van der Waals surface area contributed by atoms with Gasteiger partial charge in [0.05, 0.1) is 27.1 Å². The molecule has 1 aromatic carbocycles. The number of hydrogen-bond acceptors (Lipinski definition) is 5. The van der Waals surface area contributed by atoms with Gasteiger partial charge < -0.3 is 5.73 Å². The first-order valence-electron chi connectivity index (χ1n) is 4.12. The number of aromatic nitrogens is 1. The van der Waals surface area contributed by atoms with Crippen molar-refractivity contribution >= 4 is 38.0 Å². The third-order valence-corrected chi connectivity index (χ3v) is 4.28. The molecule has 0 fully saturated rings. The van der Waals surface area contributed by atoms with E-state index in [1.165, 1.54) is 11.3 Å². The summed E-state index contributed by atoms with van der Waals surface area (Å²) in [6, 6.07) is 7.19. The minimum atomic E-state index is -1.32. The molecule has 1 unspecified atom stereocenters. The van der Waals surface area contributed by atoms with Gasteiger partial charge in [0, 0.05) is 5.69 Å². The fourth-order valence-corrected chi connectivity index (χ4v) is 3.14. The van der Waals surface area contributed by atoms with Crippen molar-refractivity contribution in [3.63, 3.8) is 0 Å². The Labute approximate surface area is 92.8 Å². The second-order valence-electron chi connectivity index (χ2n) is 2.85. The molecule has 0 aliphatic carbocycles. The Bertz CT molecular complexity index is 570. The maximum atomic E-state index is 11.5. The second kappa shape index (κ2) is 3.96. The van der Waals surface area contributed by atoms with Crippen LogP contribution < -0.4 is 5.73 Å². The summed E-state index contributed by atoms with van der Waals surface area (Å²) in [6.07, 6.45) is 0. The molecule has 1 heterocycles. The molecule has 1 atom stereocenters. The Hall–Kier alpha value is -1.45. The summed E-state index contributed by atoms with van der Waals surface area (Å²) in [6.45, 7) is 0. The molecule has 2 aromatic rings. The van der Waals surface area contributed by atoms with E-state index in [-0.39, 0.29) is 5.75 Å². The molecule has 0 aliphatic heterocycles. The number of nitrogens with zero attached hydrogens (tertiary/aromatic N) is 2. The molecule has 1 aromatic heterocycles. The standard InChI is InChI=1S/C9H7N3OS2/c10-3-4-15(13)9-12-7-2-1-6(11)5-8(7)14-9/h1-2,5H,4,11H2. The highest BCUT2D eigenvalue weighted by Gasteiger charge is 2.10. The second-order valence-corrected chi connectivity index (χ2v) is 5.51. The Morgan fingerprint density at radius 1 is 1.60 bits per heavy atom. The number of thiazole rings is 1. The minimum Gasteiger partial charge on any atom is -0.399 e. The predicted octanol–water partition coefficient (Wildman–Crippen LogP) is 1.51. The van der Waals surface area contributed by atoms with Crippen molar-refractivity contribution in [3.8, 4) is 6.07 Å². The van der Waals surface area contributed by atoms with Gasteiger partial charge in [0.1, 0.15) is 5.75 Å². The smallest absolute Gasteiger partial charge is 0.182 e. The fourth-order valence-electron chi connectivity index (χ4n) is 1.14. The summed E-state index contributed by atoms with van der Waals surface area (Å²) >= 11 is 1.32. The quantitative estimate of drug-likeness (QED) is 0.803. The van der Waals surface area contributed by atoms with Crippen LogP contribution in [0.3, 0.4) is 0 Å². The van der Waals surface area contributed by atoms with Crippen LogP contribution in [0.2, 0.25) is 0 Å². The van der Waals surface area contributed by atoms with E-state index in [9.17, 15) is 4.21 Å². The average molecular weight is 237 g/mol. The molecule has 0 amide bonds. The molecular weight excluding hydrogens is 230 g/mol. The maximum absolute atomic E-state index is 11.5. The molecular formula is C9H7N3OS2. The zero-order chi connectivity index (χ0) is 10.8. The molecule has 0 bridgehead atoms. The van der Waals surface area contributed by atoms with E-state index in [1.807, 2.05) is 6.07 Å². The predicted molar refractivity (Wildman–Crippen MR) is 60.9 cm³/mol. The Morgan fingerprint density at radius 3 is 3.13 bits per heavy atom. The normalized spacial score (nSPS) is 12.5. The zero-order valence-corrected chi connectivity index (χ0v) is 9.27. The summed E-state index contributed by atoms with van der Waals surface area (Å²) < 4.78 is 12.9. The van der Waals surface area contributed by atoms with E-state index >= 15 is 0 Å². The summed E-state index contributed by atoms with van der Waals surface area (Å²) in [5.74, 6) is -0.0185. The molecule has 15 heavy (non-hydrogen) atoms. The van der Waals surface area contributed by atoms with Crippen molar-refractivity contribution in [2.45, 2.75) is 4.34 Å². The van der Waals surface area contributed by atoms with Crippen LogP contribution in [-0.4, -0.2) is 14.9 Å². The molecule has 76 valence electrons. The first-order valence-corrected chi connectivity index (χ1v) is 6.25. The first kappa shape index (κ1) is 10.1. The molecule has 6 heteroatoms. The number of nitriles is 1. The number of nitrogens with two attached hydrogens (primary N) is 1. The molecule has 0 spiro atoms. The van der Waals surface area contributed by atoms with Gasteiger partial charge in [-0.2, -0.15) is 5.26 Å². The molecule has 2 N–H and O–H groups in total. The number of fused-ring (bicyclic) bond motifs is 1. The maximum Gasteiger partial charge on any atom is 0.182 e. The lowest BCUT2D eigenvalue weighted by atomic mass is 10.3. The van der Waals surface area contributed by atoms with Crippen molar-refractivity contribution in [1.82, 2.24) is 4.98 Å². The van der Waals surface area contributed by atoms with Gasteiger partial charge in [0.25, 0.3) is 0 Å². The van der Waals surface area contributed by atoms with Crippen molar-refractivity contribution in [3.05, 3.63) is 18.2 Å². The molecule has 2 rings (SSSR count). The van der Waals surface area contributed by atoms with Crippen LogP contribution >= 0.6 is 11.3 Å². The lowest BCUT2D eigenvalue weighted by molar-refractivity contribution is 0.685. The van der Waals surface area contributed by atoms with Gasteiger partial charge in [0.15, 0.2) is 4.34 Å². The minimum absolute atomic E-state index is 0.0185. The topological polar surface area (TPSA) is 79.8 Å². The lowest BCUT2D eigenvalue weighted by Crippen LogP contribution is -1.93. The first-order chi connectivity index (χ1) is 7.20. The Kier molecular flexibility index (Phi) is 2.66. The number of nitrogen functional groups attached to an aromatic ring is 1. The van der Waals surface area contributed by atoms with Crippen molar-refractivity contribution < 1.29 is 4.21 Å². The highest BCUT2D eigenvalue weighted by atomic mass is 32.2. The third kappa shape index (κ3) is 1.98. The van der Waals surface area contributed by atoms with Gasteiger partial charge in [0.2, 0.25) is 0 Å². The number of anilines is 1. The third-order valence-electron chi connectivity index (χ3n) is 1.78. The zero-order valence-electron chi connectivity index (χ0n) is 7.64. The number of rotatable bonds is 2.